The fraction of sp³-hybridized carbons (Fsp3) is 0.375. The molecule has 180 valence electrons. The third-order valence-electron chi connectivity index (χ3n) is 5.87. The van der Waals surface area contributed by atoms with Crippen molar-refractivity contribution in [2.45, 2.75) is 19.4 Å². The number of hydrogen-bond donors (Lipinski definition) is 2. The lowest BCUT2D eigenvalue weighted by molar-refractivity contribution is 0.101. The van der Waals surface area contributed by atoms with Crippen molar-refractivity contribution in [2.75, 3.05) is 44.5 Å². The minimum atomic E-state index is -0.290. The van der Waals surface area contributed by atoms with Gasteiger partial charge in [0, 0.05) is 43.7 Å². The van der Waals surface area contributed by atoms with Gasteiger partial charge in [-0.05, 0) is 31.5 Å². The number of carbonyl (C=O) groups excluding carboxylic acids is 2. The van der Waals surface area contributed by atoms with E-state index in [1.54, 1.807) is 61.1 Å². The number of nitrogens with zero attached hydrogens (tertiary/aromatic N) is 3. The van der Waals surface area contributed by atoms with Crippen LogP contribution in [-0.4, -0.2) is 66.4 Å². The van der Waals surface area contributed by atoms with Crippen molar-refractivity contribution in [1.82, 2.24) is 14.5 Å². The predicted molar refractivity (Wildman–Crippen MR) is 129 cm³/mol. The van der Waals surface area contributed by atoms with E-state index >= 15 is 0 Å². The highest BCUT2D eigenvalue weighted by Gasteiger charge is 2.27. The zero-order valence-corrected chi connectivity index (χ0v) is 19.8. The maximum atomic E-state index is 13.0. The minimum Gasteiger partial charge on any atom is -0.497 e. The van der Waals surface area contributed by atoms with Crippen LogP contribution in [0.3, 0.4) is 0 Å². The Kier molecular flexibility index (Phi) is 6.76. The van der Waals surface area contributed by atoms with Gasteiger partial charge in [-0.1, -0.05) is 0 Å². The number of carbonyl (C=O) groups is 2. The average Bonchev–Trinajstić information content (AvgIpc) is 3.44. The predicted octanol–water partition coefficient (Wildman–Crippen LogP) is 3.49. The van der Waals surface area contributed by atoms with Gasteiger partial charge in [-0.2, -0.15) is 0 Å². The molecular formula is C24H29N5O5. The van der Waals surface area contributed by atoms with Gasteiger partial charge in [0.15, 0.2) is 0 Å². The van der Waals surface area contributed by atoms with Gasteiger partial charge in [-0.15, -0.1) is 0 Å². The highest BCUT2D eigenvalue weighted by molar-refractivity contribution is 6.07. The fourth-order valence-electron chi connectivity index (χ4n) is 4.09. The Labute approximate surface area is 197 Å². The number of ether oxygens (including phenoxy) is 3. The van der Waals surface area contributed by atoms with Gasteiger partial charge in [0.05, 0.1) is 38.2 Å². The second-order valence-electron chi connectivity index (χ2n) is 8.01. The lowest BCUT2D eigenvalue weighted by atomic mass is 10.2. The first-order chi connectivity index (χ1) is 16.4. The number of pyridine rings is 1. The number of fused-ring (bicyclic) bond motifs is 1. The van der Waals surface area contributed by atoms with Crippen LogP contribution >= 0.6 is 0 Å². The summed E-state index contributed by atoms with van der Waals surface area (Å²) < 4.78 is 17.7. The number of aryl methyl sites for hydroxylation is 1. The molecule has 0 spiro atoms. The van der Waals surface area contributed by atoms with E-state index in [0.29, 0.717) is 48.4 Å². The number of benzene rings is 1. The van der Waals surface area contributed by atoms with Crippen LogP contribution in [0.2, 0.25) is 0 Å². The monoisotopic (exact) mass is 467 g/mol. The van der Waals surface area contributed by atoms with Crippen LogP contribution in [0.1, 0.15) is 23.8 Å². The molecule has 1 aromatic carbocycles. The number of anilines is 2. The molecule has 10 nitrogen and oxygen atoms in total. The molecule has 4 rings (SSSR count). The molecule has 2 N–H and O–H groups in total. The van der Waals surface area contributed by atoms with Crippen molar-refractivity contribution in [3.63, 3.8) is 0 Å². The molecule has 34 heavy (non-hydrogen) atoms. The number of nitrogens with one attached hydrogen (secondary N) is 2. The van der Waals surface area contributed by atoms with Gasteiger partial charge in [-0.25, -0.2) is 9.78 Å². The van der Waals surface area contributed by atoms with E-state index in [4.69, 9.17) is 14.2 Å². The fourth-order valence-corrected chi connectivity index (χ4v) is 4.09. The average molecular weight is 468 g/mol. The van der Waals surface area contributed by atoms with E-state index in [-0.39, 0.29) is 18.0 Å². The molecule has 2 amide bonds. The molecule has 0 bridgehead atoms. The van der Waals surface area contributed by atoms with Crippen molar-refractivity contribution in [2.24, 2.45) is 7.05 Å². The summed E-state index contributed by atoms with van der Waals surface area (Å²) in [5, 5.41) is 7.04. The van der Waals surface area contributed by atoms with E-state index in [1.807, 2.05) is 13.1 Å². The van der Waals surface area contributed by atoms with Crippen molar-refractivity contribution in [1.29, 1.82) is 0 Å². The molecule has 2 aromatic heterocycles. The number of likely N-dealkylation sites (tertiary alicyclic amines) is 1. The molecule has 1 fully saturated rings. The Hall–Kier alpha value is -3.95. The SMILES string of the molecule is CCOC(=O)N1CC[C@H](Nc2ccc(NC(=O)c3cc4c(OC)cc(OC)cc4n3C)cn2)C1. The lowest BCUT2D eigenvalue weighted by Gasteiger charge is -2.16. The normalized spacial score (nSPS) is 15.3. The molecule has 3 aromatic rings. The molecule has 0 unspecified atom stereocenters. The topological polar surface area (TPSA) is 107 Å². The summed E-state index contributed by atoms with van der Waals surface area (Å²) in [5.41, 5.74) is 1.88. The standard InChI is InChI=1S/C24H29N5O5/c1-5-34-24(31)29-9-8-16(14-29)26-22-7-6-15(13-25-22)27-23(30)20-12-18-19(28(20)2)10-17(32-3)11-21(18)33-4/h6-7,10-13,16H,5,8-9,14H2,1-4H3,(H,25,26)(H,27,30)/t16-/m0/s1. The largest absolute Gasteiger partial charge is 0.497 e. The molecule has 0 aliphatic carbocycles. The number of methoxy groups -OCH3 is 2. The smallest absolute Gasteiger partial charge is 0.409 e. The summed E-state index contributed by atoms with van der Waals surface area (Å²) in [7, 11) is 5.00. The number of amides is 2. The summed E-state index contributed by atoms with van der Waals surface area (Å²) in [6, 6.07) is 9.14. The van der Waals surface area contributed by atoms with Gasteiger partial charge in [-0.3, -0.25) is 4.79 Å². The minimum absolute atomic E-state index is 0.0973. The number of aromatic nitrogens is 2. The zero-order chi connectivity index (χ0) is 24.2. The molecule has 3 heterocycles. The second kappa shape index (κ2) is 9.90. The molecule has 1 saturated heterocycles. The summed E-state index contributed by atoms with van der Waals surface area (Å²) in [6.07, 6.45) is 2.13. The van der Waals surface area contributed by atoms with E-state index < -0.39 is 0 Å². The Morgan fingerprint density at radius 3 is 2.68 bits per heavy atom. The van der Waals surface area contributed by atoms with Crippen molar-refractivity contribution in [3.05, 3.63) is 42.2 Å². The Morgan fingerprint density at radius 1 is 1.18 bits per heavy atom. The Balaban J connectivity index is 1.42. The summed E-state index contributed by atoms with van der Waals surface area (Å²) >= 11 is 0. The third-order valence-corrected chi connectivity index (χ3v) is 5.87. The van der Waals surface area contributed by atoms with Crippen LogP contribution in [-0.2, 0) is 11.8 Å². The summed E-state index contributed by atoms with van der Waals surface area (Å²) in [5.74, 6) is 1.70. The molecule has 1 atom stereocenters. The molecule has 1 aliphatic heterocycles. The molecule has 0 saturated carbocycles. The maximum Gasteiger partial charge on any atom is 0.409 e. The highest BCUT2D eigenvalue weighted by Crippen LogP contribution is 2.33. The Morgan fingerprint density at radius 2 is 2.00 bits per heavy atom. The van der Waals surface area contributed by atoms with Crippen molar-refractivity contribution >= 4 is 34.4 Å². The molecule has 10 heteroatoms. The van der Waals surface area contributed by atoms with Crippen LogP contribution in [0, 0.1) is 0 Å². The lowest BCUT2D eigenvalue weighted by Crippen LogP contribution is -2.32. The van der Waals surface area contributed by atoms with E-state index in [0.717, 1.165) is 17.3 Å². The Bertz CT molecular complexity index is 1190. The van der Waals surface area contributed by atoms with E-state index in [2.05, 4.69) is 15.6 Å². The number of rotatable bonds is 7. The first-order valence-electron chi connectivity index (χ1n) is 11.1. The van der Waals surface area contributed by atoms with Crippen molar-refractivity contribution in [3.8, 4) is 11.5 Å². The van der Waals surface area contributed by atoms with Crippen LogP contribution in [0.5, 0.6) is 11.5 Å². The number of hydrogen-bond acceptors (Lipinski definition) is 7. The van der Waals surface area contributed by atoms with Gasteiger partial charge in [0.2, 0.25) is 0 Å². The van der Waals surface area contributed by atoms with E-state index in [1.165, 1.54) is 0 Å². The third kappa shape index (κ3) is 4.70. The van der Waals surface area contributed by atoms with Gasteiger partial charge >= 0.3 is 6.09 Å². The molecular weight excluding hydrogens is 438 g/mol. The van der Waals surface area contributed by atoms with Gasteiger partial charge in [0.25, 0.3) is 5.91 Å². The van der Waals surface area contributed by atoms with Crippen LogP contribution in [0.25, 0.3) is 10.9 Å². The second-order valence-corrected chi connectivity index (χ2v) is 8.01. The van der Waals surface area contributed by atoms with Crippen molar-refractivity contribution < 1.29 is 23.8 Å². The van der Waals surface area contributed by atoms with Crippen LogP contribution in [0.15, 0.2) is 36.5 Å². The van der Waals surface area contributed by atoms with Crippen LogP contribution in [0.4, 0.5) is 16.3 Å². The maximum absolute atomic E-state index is 13.0. The van der Waals surface area contributed by atoms with Gasteiger partial charge < -0.3 is 34.3 Å². The zero-order valence-electron chi connectivity index (χ0n) is 19.8. The summed E-state index contributed by atoms with van der Waals surface area (Å²) in [4.78, 5) is 30.9. The first-order valence-corrected chi connectivity index (χ1v) is 11.1. The molecule has 1 aliphatic rings. The quantitative estimate of drug-likeness (QED) is 0.548. The highest BCUT2D eigenvalue weighted by atomic mass is 16.6. The van der Waals surface area contributed by atoms with E-state index in [9.17, 15) is 9.59 Å². The molecule has 0 radical (unpaired) electrons. The first kappa shape index (κ1) is 23.2. The van der Waals surface area contributed by atoms with Gasteiger partial charge in [0.1, 0.15) is 23.0 Å². The van der Waals surface area contributed by atoms with Crippen LogP contribution < -0.4 is 20.1 Å². The summed E-state index contributed by atoms with van der Waals surface area (Å²) in [6.45, 7) is 3.37.